The Morgan fingerprint density at radius 2 is 0.960 bits per heavy atom. The molecule has 0 saturated carbocycles. The van der Waals surface area contributed by atoms with Crippen LogP contribution >= 0.6 is 0 Å². The fourth-order valence-electron chi connectivity index (χ4n) is 3.53. The maximum Gasteiger partial charge on any atom is 0.104 e. The normalized spacial score (nSPS) is 13.3. The van der Waals surface area contributed by atoms with Crippen molar-refractivity contribution >= 4 is 0 Å². The third-order valence-corrected chi connectivity index (χ3v) is 5.04. The molecule has 0 radical (unpaired) electrons. The lowest BCUT2D eigenvalue weighted by molar-refractivity contribution is -0.843. The van der Waals surface area contributed by atoms with Crippen molar-refractivity contribution in [2.24, 2.45) is 0 Å². The Balaban J connectivity index is 3.12. The average Bonchev–Trinajstić information content (AvgIpc) is 2.53. The van der Waals surface area contributed by atoms with E-state index in [1.54, 1.807) is 14.1 Å². The van der Waals surface area contributed by atoms with Gasteiger partial charge in [0.2, 0.25) is 0 Å². The number of rotatable bonds is 19. The summed E-state index contributed by atoms with van der Waals surface area (Å²) < 4.78 is -0.389. The second-order valence-corrected chi connectivity index (χ2v) is 8.50. The van der Waals surface area contributed by atoms with Gasteiger partial charge in [0.15, 0.2) is 0 Å². The first-order valence-electron chi connectivity index (χ1n) is 11.2. The van der Waals surface area contributed by atoms with E-state index in [0.29, 0.717) is 6.54 Å². The van der Waals surface area contributed by atoms with Crippen LogP contribution in [0.4, 0.5) is 0 Å². The maximum atomic E-state index is 11.5. The molecule has 3 nitrogen and oxygen atoms in total. The Labute approximate surface area is 158 Å². The van der Waals surface area contributed by atoms with Crippen LogP contribution in [0.2, 0.25) is 0 Å². The minimum absolute atomic E-state index is 0.318. The van der Waals surface area contributed by atoms with Gasteiger partial charge < -0.3 is 15.0 Å². The first kappa shape index (κ1) is 24.9. The SMILES string of the molecule is CCCCCCCCCCCCCCCCCCC(O)C[N+](C)(C)[O-]. The lowest BCUT2D eigenvalue weighted by atomic mass is 10.0. The number of unbranched alkanes of at least 4 members (excludes halogenated alkanes) is 15. The predicted octanol–water partition coefficient (Wildman–Crippen LogP) is 6.57. The lowest BCUT2D eigenvalue weighted by Crippen LogP contribution is -2.39. The number of hydroxylamine groups is 3. The van der Waals surface area contributed by atoms with E-state index in [2.05, 4.69) is 6.92 Å². The van der Waals surface area contributed by atoms with Gasteiger partial charge in [-0.15, -0.1) is 0 Å². The summed E-state index contributed by atoms with van der Waals surface area (Å²) in [5.74, 6) is 0. The average molecular weight is 358 g/mol. The van der Waals surface area contributed by atoms with Crippen molar-refractivity contribution in [3.8, 4) is 0 Å². The van der Waals surface area contributed by atoms with Gasteiger partial charge in [-0.25, -0.2) is 0 Å². The molecule has 0 saturated heterocycles. The van der Waals surface area contributed by atoms with Crippen LogP contribution < -0.4 is 0 Å². The Morgan fingerprint density at radius 1 is 0.640 bits per heavy atom. The molecule has 0 aromatic carbocycles. The summed E-state index contributed by atoms with van der Waals surface area (Å²) in [4.78, 5) is 0. The van der Waals surface area contributed by atoms with Gasteiger partial charge in [-0.05, 0) is 6.42 Å². The fraction of sp³-hybridized carbons (Fsp3) is 1.00. The molecule has 25 heavy (non-hydrogen) atoms. The van der Waals surface area contributed by atoms with Gasteiger partial charge >= 0.3 is 0 Å². The summed E-state index contributed by atoms with van der Waals surface area (Å²) in [5, 5.41) is 21.2. The second-order valence-electron chi connectivity index (χ2n) is 8.50. The smallest absolute Gasteiger partial charge is 0.104 e. The van der Waals surface area contributed by atoms with Crippen molar-refractivity contribution in [1.82, 2.24) is 0 Å². The molecule has 0 aliphatic heterocycles. The van der Waals surface area contributed by atoms with E-state index >= 15 is 0 Å². The van der Waals surface area contributed by atoms with E-state index < -0.39 is 6.10 Å². The van der Waals surface area contributed by atoms with E-state index in [1.807, 2.05) is 0 Å². The third kappa shape index (κ3) is 21.8. The number of aliphatic hydroxyl groups excluding tert-OH is 1. The first-order chi connectivity index (χ1) is 12.0. The molecule has 0 amide bonds. The number of hydrogen-bond acceptors (Lipinski definition) is 2. The summed E-state index contributed by atoms with van der Waals surface area (Å²) in [5.41, 5.74) is 0. The first-order valence-corrected chi connectivity index (χ1v) is 11.2. The van der Waals surface area contributed by atoms with Crippen LogP contribution in [-0.4, -0.2) is 36.5 Å². The Bertz CT molecular complexity index is 263. The Kier molecular flexibility index (Phi) is 17.2. The molecule has 1 N–H and O–H groups in total. The van der Waals surface area contributed by atoms with E-state index in [1.165, 1.54) is 96.3 Å². The number of nitrogens with zero attached hydrogens (tertiary/aromatic N) is 1. The third-order valence-electron chi connectivity index (χ3n) is 5.04. The quantitative estimate of drug-likeness (QED) is 0.161. The molecular formula is C22H47NO2. The van der Waals surface area contributed by atoms with Crippen molar-refractivity contribution in [2.75, 3.05) is 20.6 Å². The zero-order valence-electron chi connectivity index (χ0n) is 17.6. The van der Waals surface area contributed by atoms with Crippen LogP contribution in [0.5, 0.6) is 0 Å². The van der Waals surface area contributed by atoms with Crippen LogP contribution in [-0.2, 0) is 0 Å². The van der Waals surface area contributed by atoms with Crippen molar-refractivity contribution < 1.29 is 9.75 Å². The summed E-state index contributed by atoms with van der Waals surface area (Å²) >= 11 is 0. The highest BCUT2D eigenvalue weighted by atomic mass is 16.5. The van der Waals surface area contributed by atoms with Crippen molar-refractivity contribution in [1.29, 1.82) is 0 Å². The zero-order valence-corrected chi connectivity index (χ0v) is 17.6. The largest absolute Gasteiger partial charge is 0.633 e. The van der Waals surface area contributed by atoms with Crippen LogP contribution in [0.1, 0.15) is 116 Å². The molecule has 0 aliphatic rings. The van der Waals surface area contributed by atoms with E-state index in [9.17, 15) is 10.3 Å². The molecule has 0 heterocycles. The fourth-order valence-corrected chi connectivity index (χ4v) is 3.53. The number of hydrogen-bond donors (Lipinski definition) is 1. The molecule has 0 spiro atoms. The zero-order chi connectivity index (χ0) is 18.8. The highest BCUT2D eigenvalue weighted by Gasteiger charge is 2.11. The molecule has 0 bridgehead atoms. The Hall–Kier alpha value is -0.120. The summed E-state index contributed by atoms with van der Waals surface area (Å²) in [6.45, 7) is 2.60. The molecule has 3 heteroatoms. The molecule has 152 valence electrons. The van der Waals surface area contributed by atoms with E-state index in [-0.39, 0.29) is 4.65 Å². The molecule has 0 aliphatic carbocycles. The number of quaternary nitrogens is 1. The lowest BCUT2D eigenvalue weighted by Gasteiger charge is -2.35. The van der Waals surface area contributed by atoms with Crippen molar-refractivity contribution in [3.05, 3.63) is 5.21 Å². The van der Waals surface area contributed by atoms with Crippen LogP contribution in [0.15, 0.2) is 0 Å². The molecule has 0 rings (SSSR count). The van der Waals surface area contributed by atoms with Gasteiger partial charge in [0.05, 0.1) is 14.1 Å². The van der Waals surface area contributed by atoms with Gasteiger partial charge in [-0.1, -0.05) is 110 Å². The van der Waals surface area contributed by atoms with Gasteiger partial charge in [-0.2, -0.15) is 0 Å². The molecular weight excluding hydrogens is 310 g/mol. The van der Waals surface area contributed by atoms with Crippen LogP contribution in [0, 0.1) is 5.21 Å². The number of likely N-dealkylation sites (N-methyl/N-ethyl adjacent to an activating group) is 1. The maximum absolute atomic E-state index is 11.5. The summed E-state index contributed by atoms with van der Waals surface area (Å²) in [6, 6.07) is 0. The highest BCUT2D eigenvalue weighted by molar-refractivity contribution is 4.56. The standard InChI is InChI=1S/C22H47NO2/c1-4-5-6-7-8-9-10-11-12-13-14-15-16-17-18-19-20-22(24)21-23(2,3)25/h22,24H,4-21H2,1-3H3. The van der Waals surface area contributed by atoms with E-state index in [0.717, 1.165) is 12.8 Å². The molecule has 0 aromatic heterocycles. The molecule has 0 fully saturated rings. The predicted molar refractivity (Wildman–Crippen MR) is 111 cm³/mol. The summed E-state index contributed by atoms with van der Waals surface area (Å²) in [6.07, 6.45) is 22.2. The van der Waals surface area contributed by atoms with Crippen LogP contribution in [0.3, 0.4) is 0 Å². The molecule has 0 aromatic rings. The van der Waals surface area contributed by atoms with Crippen molar-refractivity contribution in [3.63, 3.8) is 0 Å². The van der Waals surface area contributed by atoms with Crippen LogP contribution in [0.25, 0.3) is 0 Å². The molecule has 1 atom stereocenters. The number of aliphatic hydroxyl groups is 1. The second kappa shape index (κ2) is 17.3. The minimum atomic E-state index is -0.431. The molecule has 1 unspecified atom stereocenters. The van der Waals surface area contributed by atoms with Crippen molar-refractivity contribution in [2.45, 2.75) is 122 Å². The van der Waals surface area contributed by atoms with Gasteiger partial charge in [0, 0.05) is 0 Å². The minimum Gasteiger partial charge on any atom is -0.633 e. The van der Waals surface area contributed by atoms with E-state index in [4.69, 9.17) is 0 Å². The van der Waals surface area contributed by atoms with Gasteiger partial charge in [-0.3, -0.25) is 0 Å². The highest BCUT2D eigenvalue weighted by Crippen LogP contribution is 2.14. The topological polar surface area (TPSA) is 43.3 Å². The Morgan fingerprint density at radius 3 is 1.28 bits per heavy atom. The van der Waals surface area contributed by atoms with Gasteiger partial charge in [0.25, 0.3) is 0 Å². The summed E-state index contributed by atoms with van der Waals surface area (Å²) in [7, 11) is 3.19. The monoisotopic (exact) mass is 357 g/mol. The van der Waals surface area contributed by atoms with Gasteiger partial charge in [0.1, 0.15) is 12.6 Å².